The van der Waals surface area contributed by atoms with Gasteiger partial charge in [-0.2, -0.15) is 12.2 Å². The van der Waals surface area contributed by atoms with Crippen LogP contribution in [0.3, 0.4) is 0 Å². The third kappa shape index (κ3) is 3.27. The number of rotatable bonds is 2. The summed E-state index contributed by atoms with van der Waals surface area (Å²) in [6.45, 7) is 9.16. The summed E-state index contributed by atoms with van der Waals surface area (Å²) in [5, 5.41) is 0. The Bertz CT molecular complexity index is 570. The Morgan fingerprint density at radius 2 is 1.95 bits per heavy atom. The van der Waals surface area contributed by atoms with E-state index in [4.69, 9.17) is 6.42 Å². The SMILES string of the molecule is C#Cc1ccc(C2=[C-]C=C(C)C(=C)N2CC)cc1.[Y]. The predicted octanol–water partition coefficient (Wildman–Crippen LogP) is 3.60. The smallest absolute Gasteiger partial charge is 0.0222 e. The van der Waals surface area contributed by atoms with Crippen LogP contribution in [0, 0.1) is 18.4 Å². The van der Waals surface area contributed by atoms with E-state index in [1.807, 2.05) is 30.3 Å². The van der Waals surface area contributed by atoms with Crippen molar-refractivity contribution in [2.45, 2.75) is 13.8 Å². The maximum absolute atomic E-state index is 5.37. The second-order valence-electron chi connectivity index (χ2n) is 4.23. The first kappa shape index (κ1) is 16.0. The van der Waals surface area contributed by atoms with Gasteiger partial charge in [0.15, 0.2) is 0 Å². The third-order valence-electron chi connectivity index (χ3n) is 3.12. The minimum atomic E-state index is 0. The molecule has 0 saturated heterocycles. The molecule has 0 saturated carbocycles. The Kier molecular flexibility index (Phi) is 5.79. The van der Waals surface area contributed by atoms with E-state index in [9.17, 15) is 0 Å². The summed E-state index contributed by atoms with van der Waals surface area (Å²) in [5.41, 5.74) is 5.24. The van der Waals surface area contributed by atoms with Crippen molar-refractivity contribution in [2.75, 3.05) is 6.54 Å². The predicted molar refractivity (Wildman–Crippen MR) is 76.3 cm³/mol. The standard InChI is InChI=1S/C17H16N.Y/c1-5-15-8-10-16(11-9-15)17-12-7-13(3)14(4)18(17)6-2;/h1,7-11H,4,6H2,2-3H3;/q-1;. The monoisotopic (exact) mass is 323 g/mol. The number of terminal acetylenes is 1. The van der Waals surface area contributed by atoms with E-state index < -0.39 is 0 Å². The van der Waals surface area contributed by atoms with Gasteiger partial charge in [-0.3, -0.25) is 0 Å². The molecular weight excluding hydrogens is 307 g/mol. The van der Waals surface area contributed by atoms with Crippen LogP contribution in [0.1, 0.15) is 25.0 Å². The third-order valence-corrected chi connectivity index (χ3v) is 3.12. The normalized spacial score (nSPS) is 14.2. The number of allylic oxidation sites excluding steroid dienone is 3. The van der Waals surface area contributed by atoms with Gasteiger partial charge >= 0.3 is 0 Å². The zero-order valence-corrected chi connectivity index (χ0v) is 14.2. The van der Waals surface area contributed by atoms with E-state index in [2.05, 4.69) is 37.3 Å². The van der Waals surface area contributed by atoms with E-state index in [1.54, 1.807) is 0 Å². The average molecular weight is 323 g/mol. The van der Waals surface area contributed by atoms with Gasteiger partial charge in [-0.05, 0) is 12.6 Å². The van der Waals surface area contributed by atoms with E-state index in [-0.39, 0.29) is 32.7 Å². The van der Waals surface area contributed by atoms with Gasteiger partial charge in [0.1, 0.15) is 0 Å². The molecule has 1 radical (unpaired) electrons. The van der Waals surface area contributed by atoms with E-state index >= 15 is 0 Å². The van der Waals surface area contributed by atoms with Gasteiger partial charge in [-0.25, -0.2) is 0 Å². The van der Waals surface area contributed by atoms with Crippen molar-refractivity contribution in [3.05, 3.63) is 65.4 Å². The Labute approximate surface area is 141 Å². The molecule has 1 aromatic rings. The summed E-state index contributed by atoms with van der Waals surface area (Å²) in [5.74, 6) is 2.63. The molecule has 19 heavy (non-hydrogen) atoms. The fraction of sp³-hybridized carbons (Fsp3) is 0.176. The van der Waals surface area contributed by atoms with Crippen molar-refractivity contribution in [3.63, 3.8) is 0 Å². The van der Waals surface area contributed by atoms with E-state index in [0.29, 0.717) is 0 Å². The Balaban J connectivity index is 0.00000180. The summed E-state index contributed by atoms with van der Waals surface area (Å²) in [6.07, 6.45) is 10.7. The van der Waals surface area contributed by atoms with Gasteiger partial charge in [0.05, 0.1) is 0 Å². The number of nitrogens with zero attached hydrogens (tertiary/aromatic N) is 1. The Morgan fingerprint density at radius 3 is 2.47 bits per heavy atom. The number of benzene rings is 1. The maximum atomic E-state index is 5.37. The first-order valence-electron chi connectivity index (χ1n) is 6.01. The fourth-order valence-corrected chi connectivity index (χ4v) is 2.00. The molecule has 1 nitrogen and oxygen atoms in total. The van der Waals surface area contributed by atoms with Crippen LogP contribution in [0.2, 0.25) is 0 Å². The molecule has 1 aliphatic rings. The molecule has 93 valence electrons. The molecule has 1 aromatic carbocycles. The molecule has 0 spiro atoms. The minimum Gasteiger partial charge on any atom is -0.376 e. The van der Waals surface area contributed by atoms with Gasteiger partial charge in [0.2, 0.25) is 0 Å². The van der Waals surface area contributed by atoms with Crippen LogP contribution in [0.4, 0.5) is 0 Å². The van der Waals surface area contributed by atoms with Crippen LogP contribution in [0.15, 0.2) is 48.2 Å². The van der Waals surface area contributed by atoms with Gasteiger partial charge in [-0.15, -0.1) is 24.1 Å². The molecule has 0 aromatic heterocycles. The molecule has 0 amide bonds. The molecular formula is C17H16NY-. The number of hydrogen-bond donors (Lipinski definition) is 0. The van der Waals surface area contributed by atoms with Crippen molar-refractivity contribution in [3.8, 4) is 12.3 Å². The molecule has 0 bridgehead atoms. The second-order valence-corrected chi connectivity index (χ2v) is 4.23. The van der Waals surface area contributed by atoms with Gasteiger partial charge in [0.25, 0.3) is 0 Å². The zero-order valence-electron chi connectivity index (χ0n) is 11.4. The van der Waals surface area contributed by atoms with Crippen LogP contribution in [-0.2, 0) is 32.7 Å². The maximum Gasteiger partial charge on any atom is 0.0222 e. The molecule has 2 rings (SSSR count). The van der Waals surface area contributed by atoms with Crippen LogP contribution in [0.25, 0.3) is 5.70 Å². The van der Waals surface area contributed by atoms with Crippen molar-refractivity contribution >= 4 is 5.70 Å². The summed E-state index contributed by atoms with van der Waals surface area (Å²) >= 11 is 0. The van der Waals surface area contributed by atoms with Crippen molar-refractivity contribution in [1.29, 1.82) is 0 Å². The summed E-state index contributed by atoms with van der Waals surface area (Å²) in [4.78, 5) is 2.17. The molecule has 1 aliphatic heterocycles. The largest absolute Gasteiger partial charge is 0.376 e. The van der Waals surface area contributed by atoms with Gasteiger partial charge in [0, 0.05) is 44.8 Å². The van der Waals surface area contributed by atoms with Crippen molar-refractivity contribution < 1.29 is 32.7 Å². The average Bonchev–Trinajstić information content (AvgIpc) is 2.42. The van der Waals surface area contributed by atoms with E-state index in [1.165, 1.54) is 0 Å². The molecule has 0 aliphatic carbocycles. The second kappa shape index (κ2) is 6.89. The molecule has 2 heteroatoms. The fourth-order valence-electron chi connectivity index (χ4n) is 2.00. The topological polar surface area (TPSA) is 3.24 Å². The van der Waals surface area contributed by atoms with Crippen LogP contribution < -0.4 is 0 Å². The molecule has 0 unspecified atom stereocenters. The quantitative estimate of drug-likeness (QED) is 0.594. The molecule has 0 fully saturated rings. The number of likely N-dealkylation sites (N-methyl/N-ethyl adjacent to an activating group) is 1. The van der Waals surface area contributed by atoms with E-state index in [0.717, 1.165) is 34.6 Å². The Morgan fingerprint density at radius 1 is 1.32 bits per heavy atom. The minimum absolute atomic E-state index is 0. The van der Waals surface area contributed by atoms with Crippen LogP contribution in [-0.4, -0.2) is 11.4 Å². The number of hydrogen-bond acceptors (Lipinski definition) is 1. The van der Waals surface area contributed by atoms with Crippen LogP contribution in [0.5, 0.6) is 0 Å². The van der Waals surface area contributed by atoms with Crippen LogP contribution >= 0.6 is 0 Å². The summed E-state index contributed by atoms with van der Waals surface area (Å²) < 4.78 is 0. The summed E-state index contributed by atoms with van der Waals surface area (Å²) in [7, 11) is 0. The molecule has 0 N–H and O–H groups in total. The first-order chi connectivity index (χ1) is 8.67. The zero-order chi connectivity index (χ0) is 13.1. The molecule has 0 atom stereocenters. The first-order valence-corrected chi connectivity index (χ1v) is 6.01. The van der Waals surface area contributed by atoms with Gasteiger partial charge < -0.3 is 4.90 Å². The van der Waals surface area contributed by atoms with Crippen molar-refractivity contribution in [2.24, 2.45) is 0 Å². The molecule has 1 heterocycles. The van der Waals surface area contributed by atoms with Gasteiger partial charge in [-0.1, -0.05) is 42.8 Å². The Hall–Kier alpha value is -1.10. The van der Waals surface area contributed by atoms with Crippen molar-refractivity contribution in [1.82, 2.24) is 4.90 Å². The summed E-state index contributed by atoms with van der Waals surface area (Å²) in [6, 6.07) is 7.96.